The number of rotatable bonds is 1. The summed E-state index contributed by atoms with van der Waals surface area (Å²) in [5.74, 6) is -1.08. The molecule has 1 rings (SSSR count). The number of piperidine rings is 1. The van der Waals surface area contributed by atoms with Gasteiger partial charge in [-0.15, -0.1) is 0 Å². The third-order valence-electron chi connectivity index (χ3n) is 2.45. The number of halogens is 3. The molecule has 1 heterocycles. The van der Waals surface area contributed by atoms with Crippen molar-refractivity contribution in [3.63, 3.8) is 0 Å². The molecule has 0 aliphatic carbocycles. The van der Waals surface area contributed by atoms with Crippen LogP contribution in [-0.2, 0) is 0 Å². The van der Waals surface area contributed by atoms with Gasteiger partial charge in [-0.3, -0.25) is 0 Å². The summed E-state index contributed by atoms with van der Waals surface area (Å²) in [6.07, 6.45) is -2.72. The van der Waals surface area contributed by atoms with Crippen molar-refractivity contribution in [3.05, 3.63) is 0 Å². The van der Waals surface area contributed by atoms with E-state index in [4.69, 9.17) is 0 Å². The Bertz CT molecular complexity index is 144. The highest BCUT2D eigenvalue weighted by Crippen LogP contribution is 2.34. The Morgan fingerprint density at radius 2 is 2.08 bits per heavy atom. The highest BCUT2D eigenvalue weighted by Gasteiger charge is 2.41. The van der Waals surface area contributed by atoms with Crippen molar-refractivity contribution < 1.29 is 13.2 Å². The summed E-state index contributed by atoms with van der Waals surface area (Å²) in [5.41, 5.74) is 0. The average Bonchev–Trinajstić information content (AvgIpc) is 2.03. The van der Waals surface area contributed by atoms with Gasteiger partial charge in [0.1, 0.15) is 0 Å². The molecule has 2 atom stereocenters. The maximum Gasteiger partial charge on any atom is 0.391 e. The first-order valence-corrected chi connectivity index (χ1v) is 4.34. The first kappa shape index (κ1) is 9.84. The molecule has 1 N–H and O–H groups in total. The highest BCUT2D eigenvalue weighted by molar-refractivity contribution is 4.81. The molecule has 0 aromatic rings. The molecule has 0 spiro atoms. The molecule has 1 aliphatic rings. The minimum Gasteiger partial charge on any atom is -0.314 e. The minimum atomic E-state index is -3.99. The molecule has 1 nitrogen and oxygen atoms in total. The highest BCUT2D eigenvalue weighted by atomic mass is 19.4. The Balaban J connectivity index is 2.46. The third-order valence-corrected chi connectivity index (χ3v) is 2.45. The standard InChI is InChI=1S/C8H14F3N/c1-2-7-5-6(3-4-12-7)8(9,10)11/h6-7,12H,2-5H2,1H3/t6-,7-/m0/s1. The molecule has 0 amide bonds. The Morgan fingerprint density at radius 3 is 2.58 bits per heavy atom. The molecular formula is C8H14F3N. The SMILES string of the molecule is CC[C@H]1C[C@@H](C(F)(F)F)CCN1. The Labute approximate surface area is 70.3 Å². The van der Waals surface area contributed by atoms with Crippen LogP contribution in [0.3, 0.4) is 0 Å². The molecule has 0 saturated carbocycles. The number of hydrogen-bond acceptors (Lipinski definition) is 1. The second-order valence-corrected chi connectivity index (χ2v) is 3.32. The van der Waals surface area contributed by atoms with Crippen molar-refractivity contribution in [1.82, 2.24) is 5.32 Å². The summed E-state index contributed by atoms with van der Waals surface area (Å²) in [4.78, 5) is 0. The van der Waals surface area contributed by atoms with Crippen molar-refractivity contribution in [2.45, 2.75) is 38.4 Å². The van der Waals surface area contributed by atoms with Gasteiger partial charge in [-0.05, 0) is 25.8 Å². The van der Waals surface area contributed by atoms with Crippen LogP contribution in [0.2, 0.25) is 0 Å². The zero-order valence-corrected chi connectivity index (χ0v) is 7.12. The smallest absolute Gasteiger partial charge is 0.314 e. The van der Waals surface area contributed by atoms with E-state index in [1.807, 2.05) is 6.92 Å². The van der Waals surface area contributed by atoms with Crippen molar-refractivity contribution in [3.8, 4) is 0 Å². The summed E-state index contributed by atoms with van der Waals surface area (Å²) in [7, 11) is 0. The van der Waals surface area contributed by atoms with Crippen LogP contribution >= 0.6 is 0 Å². The summed E-state index contributed by atoms with van der Waals surface area (Å²) >= 11 is 0. The van der Waals surface area contributed by atoms with Gasteiger partial charge in [0.05, 0.1) is 5.92 Å². The van der Waals surface area contributed by atoms with E-state index in [2.05, 4.69) is 5.32 Å². The lowest BCUT2D eigenvalue weighted by molar-refractivity contribution is -0.183. The summed E-state index contributed by atoms with van der Waals surface area (Å²) in [6.45, 7) is 2.42. The molecule has 12 heavy (non-hydrogen) atoms. The fraction of sp³-hybridized carbons (Fsp3) is 1.00. The van der Waals surface area contributed by atoms with Crippen molar-refractivity contribution in [2.24, 2.45) is 5.92 Å². The molecule has 0 aromatic heterocycles. The van der Waals surface area contributed by atoms with E-state index >= 15 is 0 Å². The fourth-order valence-corrected chi connectivity index (χ4v) is 1.61. The van der Waals surface area contributed by atoms with Crippen molar-refractivity contribution in [2.75, 3.05) is 6.54 Å². The normalized spacial score (nSPS) is 32.0. The van der Waals surface area contributed by atoms with Crippen LogP contribution in [0.4, 0.5) is 13.2 Å². The van der Waals surface area contributed by atoms with Crippen LogP contribution in [0.1, 0.15) is 26.2 Å². The molecule has 1 aliphatic heterocycles. The molecule has 0 radical (unpaired) electrons. The second kappa shape index (κ2) is 3.64. The molecule has 1 saturated heterocycles. The summed E-state index contributed by atoms with van der Waals surface area (Å²) in [6, 6.07) is 0.0605. The van der Waals surface area contributed by atoms with E-state index in [-0.39, 0.29) is 18.9 Å². The van der Waals surface area contributed by atoms with Gasteiger partial charge in [0.25, 0.3) is 0 Å². The number of alkyl halides is 3. The van der Waals surface area contributed by atoms with Crippen molar-refractivity contribution in [1.29, 1.82) is 0 Å². The lowest BCUT2D eigenvalue weighted by atomic mass is 9.91. The van der Waals surface area contributed by atoms with Crippen LogP contribution in [0.5, 0.6) is 0 Å². The van der Waals surface area contributed by atoms with Gasteiger partial charge in [0, 0.05) is 6.04 Å². The van der Waals surface area contributed by atoms with Crippen LogP contribution < -0.4 is 5.32 Å². The van der Waals surface area contributed by atoms with Crippen LogP contribution in [0.25, 0.3) is 0 Å². The first-order valence-electron chi connectivity index (χ1n) is 4.34. The molecule has 1 fully saturated rings. The van der Waals surface area contributed by atoms with Crippen LogP contribution in [-0.4, -0.2) is 18.8 Å². The van der Waals surface area contributed by atoms with Gasteiger partial charge in [-0.1, -0.05) is 6.92 Å². The van der Waals surface area contributed by atoms with Crippen LogP contribution in [0.15, 0.2) is 0 Å². The molecule has 4 heteroatoms. The number of nitrogens with one attached hydrogen (secondary N) is 1. The van der Waals surface area contributed by atoms with Gasteiger partial charge in [-0.25, -0.2) is 0 Å². The van der Waals surface area contributed by atoms with Crippen molar-refractivity contribution >= 4 is 0 Å². The average molecular weight is 181 g/mol. The predicted octanol–water partition coefficient (Wildman–Crippen LogP) is 2.33. The first-order chi connectivity index (χ1) is 5.54. The third kappa shape index (κ3) is 2.37. The topological polar surface area (TPSA) is 12.0 Å². The zero-order chi connectivity index (χ0) is 9.19. The van der Waals surface area contributed by atoms with E-state index < -0.39 is 12.1 Å². The largest absolute Gasteiger partial charge is 0.391 e. The van der Waals surface area contributed by atoms with E-state index in [0.29, 0.717) is 6.54 Å². The Hall–Kier alpha value is -0.250. The van der Waals surface area contributed by atoms with Gasteiger partial charge in [-0.2, -0.15) is 13.2 Å². The van der Waals surface area contributed by atoms with E-state index in [1.165, 1.54) is 0 Å². The van der Waals surface area contributed by atoms with E-state index in [9.17, 15) is 13.2 Å². The number of hydrogen-bond donors (Lipinski definition) is 1. The van der Waals surface area contributed by atoms with Gasteiger partial charge < -0.3 is 5.32 Å². The van der Waals surface area contributed by atoms with Gasteiger partial charge in [0.2, 0.25) is 0 Å². The Kier molecular flexibility index (Phi) is 2.99. The quantitative estimate of drug-likeness (QED) is 0.654. The van der Waals surface area contributed by atoms with Gasteiger partial charge in [0.15, 0.2) is 0 Å². The molecular weight excluding hydrogens is 167 g/mol. The molecule has 72 valence electrons. The molecule has 0 unspecified atom stereocenters. The predicted molar refractivity (Wildman–Crippen MR) is 40.9 cm³/mol. The maximum atomic E-state index is 12.2. The fourth-order valence-electron chi connectivity index (χ4n) is 1.61. The monoisotopic (exact) mass is 181 g/mol. The maximum absolute atomic E-state index is 12.2. The van der Waals surface area contributed by atoms with E-state index in [1.54, 1.807) is 0 Å². The zero-order valence-electron chi connectivity index (χ0n) is 7.12. The van der Waals surface area contributed by atoms with Crippen LogP contribution in [0, 0.1) is 5.92 Å². The van der Waals surface area contributed by atoms with Gasteiger partial charge >= 0.3 is 6.18 Å². The Morgan fingerprint density at radius 1 is 1.42 bits per heavy atom. The lowest BCUT2D eigenvalue weighted by Gasteiger charge is -2.30. The summed E-state index contributed by atoms with van der Waals surface area (Å²) in [5, 5.41) is 3.07. The second-order valence-electron chi connectivity index (χ2n) is 3.32. The molecule has 0 aromatic carbocycles. The minimum absolute atomic E-state index is 0.0605. The molecule has 0 bridgehead atoms. The lowest BCUT2D eigenvalue weighted by Crippen LogP contribution is -2.42. The summed E-state index contributed by atoms with van der Waals surface area (Å²) < 4.78 is 36.7. The van der Waals surface area contributed by atoms with E-state index in [0.717, 1.165) is 6.42 Å².